The van der Waals surface area contributed by atoms with E-state index in [1.165, 1.54) is 5.56 Å². The summed E-state index contributed by atoms with van der Waals surface area (Å²) in [4.78, 5) is 14.4. The largest absolute Gasteiger partial charge is 0.396 e. The van der Waals surface area contributed by atoms with Crippen LogP contribution in [0.15, 0.2) is 24.3 Å². The van der Waals surface area contributed by atoms with E-state index in [1.807, 2.05) is 24.0 Å². The fraction of sp³-hybridized carbons (Fsp3) is 0.588. The lowest BCUT2D eigenvalue weighted by atomic mass is 9.99. The van der Waals surface area contributed by atoms with Crippen LogP contribution < -0.4 is 5.32 Å². The van der Waals surface area contributed by atoms with Crippen LogP contribution in [-0.2, 0) is 0 Å². The second-order valence-corrected chi connectivity index (χ2v) is 5.88. The molecule has 4 nitrogen and oxygen atoms in total. The molecule has 1 aliphatic heterocycles. The normalized spacial score (nSPS) is 20.1. The molecule has 2 amide bonds. The van der Waals surface area contributed by atoms with Crippen molar-refractivity contribution >= 4 is 6.03 Å². The zero-order valence-corrected chi connectivity index (χ0v) is 13.0. The van der Waals surface area contributed by atoms with Gasteiger partial charge in [0.2, 0.25) is 0 Å². The number of urea groups is 1. The van der Waals surface area contributed by atoms with E-state index in [9.17, 15) is 4.79 Å². The van der Waals surface area contributed by atoms with E-state index in [0.717, 1.165) is 31.4 Å². The number of likely N-dealkylation sites (tertiary alicyclic amines) is 1. The molecule has 0 aromatic heterocycles. The minimum Gasteiger partial charge on any atom is -0.396 e. The standard InChI is InChI=1S/C17H26N2O2/c1-13-7-3-4-9-16(13)14(2)18-17(21)19-11-6-5-8-15(19)10-12-20/h3-4,7,9,14-15,20H,5-6,8,10-12H2,1-2H3,(H,18,21). The number of carbonyl (C=O) groups excluding carboxylic acids is 1. The number of hydrogen-bond acceptors (Lipinski definition) is 2. The Morgan fingerprint density at radius 2 is 2.19 bits per heavy atom. The van der Waals surface area contributed by atoms with Crippen LogP contribution in [0.3, 0.4) is 0 Å². The van der Waals surface area contributed by atoms with Crippen molar-refractivity contribution in [1.82, 2.24) is 10.2 Å². The molecule has 0 spiro atoms. The first-order chi connectivity index (χ1) is 10.1. The number of amides is 2. The molecule has 1 heterocycles. The molecule has 1 saturated heterocycles. The van der Waals surface area contributed by atoms with Crippen LogP contribution in [0.4, 0.5) is 4.79 Å². The Bertz CT molecular complexity index is 474. The fourth-order valence-corrected chi connectivity index (χ4v) is 3.14. The van der Waals surface area contributed by atoms with Crippen molar-refractivity contribution in [2.75, 3.05) is 13.2 Å². The molecule has 4 heteroatoms. The van der Waals surface area contributed by atoms with Crippen molar-refractivity contribution in [1.29, 1.82) is 0 Å². The molecule has 2 atom stereocenters. The highest BCUT2D eigenvalue weighted by Gasteiger charge is 2.27. The third-order valence-corrected chi connectivity index (χ3v) is 4.35. The first-order valence-electron chi connectivity index (χ1n) is 7.87. The summed E-state index contributed by atoms with van der Waals surface area (Å²) in [6, 6.07) is 8.29. The fourth-order valence-electron chi connectivity index (χ4n) is 3.14. The van der Waals surface area contributed by atoms with Gasteiger partial charge in [0.05, 0.1) is 6.04 Å². The van der Waals surface area contributed by atoms with E-state index >= 15 is 0 Å². The summed E-state index contributed by atoms with van der Waals surface area (Å²) in [6.45, 7) is 5.01. The Hall–Kier alpha value is -1.55. The van der Waals surface area contributed by atoms with Gasteiger partial charge < -0.3 is 15.3 Å². The van der Waals surface area contributed by atoms with Gasteiger partial charge in [-0.15, -0.1) is 0 Å². The second-order valence-electron chi connectivity index (χ2n) is 5.88. The van der Waals surface area contributed by atoms with Crippen LogP contribution in [0.2, 0.25) is 0 Å². The molecule has 0 radical (unpaired) electrons. The van der Waals surface area contributed by atoms with Gasteiger partial charge in [-0.3, -0.25) is 0 Å². The van der Waals surface area contributed by atoms with Gasteiger partial charge in [-0.1, -0.05) is 24.3 Å². The molecule has 1 aliphatic rings. The third kappa shape index (κ3) is 3.97. The predicted molar refractivity (Wildman–Crippen MR) is 84.2 cm³/mol. The molecule has 21 heavy (non-hydrogen) atoms. The van der Waals surface area contributed by atoms with E-state index in [2.05, 4.69) is 24.4 Å². The molecule has 2 unspecified atom stereocenters. The SMILES string of the molecule is Cc1ccccc1C(C)NC(=O)N1CCCCC1CCO. The minimum atomic E-state index is -0.0103. The van der Waals surface area contributed by atoms with E-state index < -0.39 is 0 Å². The average Bonchev–Trinajstić information content (AvgIpc) is 2.48. The van der Waals surface area contributed by atoms with Crippen LogP contribution in [0, 0.1) is 6.92 Å². The van der Waals surface area contributed by atoms with Crippen LogP contribution in [0.1, 0.15) is 49.8 Å². The smallest absolute Gasteiger partial charge is 0.318 e. The van der Waals surface area contributed by atoms with Crippen molar-refractivity contribution in [3.63, 3.8) is 0 Å². The molecule has 1 aromatic rings. The summed E-state index contributed by atoms with van der Waals surface area (Å²) in [7, 11) is 0. The molecular formula is C17H26N2O2. The van der Waals surface area contributed by atoms with E-state index in [4.69, 9.17) is 5.11 Å². The van der Waals surface area contributed by atoms with Gasteiger partial charge in [0.1, 0.15) is 0 Å². The third-order valence-electron chi connectivity index (χ3n) is 4.35. The molecule has 1 aromatic carbocycles. The number of nitrogens with one attached hydrogen (secondary N) is 1. The van der Waals surface area contributed by atoms with E-state index in [-0.39, 0.29) is 24.7 Å². The number of aryl methyl sites for hydroxylation is 1. The topological polar surface area (TPSA) is 52.6 Å². The molecule has 2 N–H and O–H groups in total. The molecule has 1 fully saturated rings. The quantitative estimate of drug-likeness (QED) is 0.895. The van der Waals surface area contributed by atoms with Crippen molar-refractivity contribution in [2.45, 2.75) is 51.6 Å². The number of nitrogens with zero attached hydrogens (tertiary/aromatic N) is 1. The van der Waals surface area contributed by atoms with Crippen molar-refractivity contribution in [2.24, 2.45) is 0 Å². The zero-order valence-electron chi connectivity index (χ0n) is 13.0. The molecular weight excluding hydrogens is 264 g/mol. The molecule has 116 valence electrons. The van der Waals surface area contributed by atoms with Gasteiger partial charge in [-0.2, -0.15) is 0 Å². The summed E-state index contributed by atoms with van der Waals surface area (Å²) in [5, 5.41) is 12.3. The Morgan fingerprint density at radius 3 is 2.90 bits per heavy atom. The average molecular weight is 290 g/mol. The number of rotatable bonds is 4. The monoisotopic (exact) mass is 290 g/mol. The highest BCUT2D eigenvalue weighted by molar-refractivity contribution is 5.75. The number of carbonyl (C=O) groups is 1. The summed E-state index contributed by atoms with van der Waals surface area (Å²) in [6.07, 6.45) is 3.86. The van der Waals surface area contributed by atoms with Crippen LogP contribution in [0.25, 0.3) is 0 Å². The summed E-state index contributed by atoms with van der Waals surface area (Å²) < 4.78 is 0. The molecule has 2 rings (SSSR count). The Morgan fingerprint density at radius 1 is 1.43 bits per heavy atom. The summed E-state index contributed by atoms with van der Waals surface area (Å²) in [5.74, 6) is 0. The Balaban J connectivity index is 2.01. The maximum absolute atomic E-state index is 12.5. The highest BCUT2D eigenvalue weighted by Crippen LogP contribution is 2.21. The minimum absolute atomic E-state index is 0.00426. The lowest BCUT2D eigenvalue weighted by molar-refractivity contribution is 0.130. The number of aliphatic hydroxyl groups is 1. The first-order valence-corrected chi connectivity index (χ1v) is 7.87. The Labute approximate surface area is 127 Å². The van der Waals surface area contributed by atoms with E-state index in [1.54, 1.807) is 0 Å². The number of piperidine rings is 1. The van der Waals surface area contributed by atoms with Gasteiger partial charge in [-0.05, 0) is 50.7 Å². The van der Waals surface area contributed by atoms with Gasteiger partial charge in [0.25, 0.3) is 0 Å². The van der Waals surface area contributed by atoms with Gasteiger partial charge >= 0.3 is 6.03 Å². The maximum Gasteiger partial charge on any atom is 0.318 e. The van der Waals surface area contributed by atoms with Crippen LogP contribution >= 0.6 is 0 Å². The van der Waals surface area contributed by atoms with Gasteiger partial charge in [0, 0.05) is 19.2 Å². The lowest BCUT2D eigenvalue weighted by Crippen LogP contribution is -2.49. The molecule has 0 bridgehead atoms. The van der Waals surface area contributed by atoms with E-state index in [0.29, 0.717) is 6.42 Å². The lowest BCUT2D eigenvalue weighted by Gasteiger charge is -2.36. The number of aliphatic hydroxyl groups excluding tert-OH is 1. The van der Waals surface area contributed by atoms with Crippen molar-refractivity contribution < 1.29 is 9.90 Å². The number of hydrogen-bond donors (Lipinski definition) is 2. The van der Waals surface area contributed by atoms with Crippen LogP contribution in [-0.4, -0.2) is 35.2 Å². The second kappa shape index (κ2) is 7.46. The first kappa shape index (κ1) is 15.8. The molecule has 0 aliphatic carbocycles. The highest BCUT2D eigenvalue weighted by atomic mass is 16.3. The number of benzene rings is 1. The zero-order chi connectivity index (χ0) is 15.2. The maximum atomic E-state index is 12.5. The van der Waals surface area contributed by atoms with Crippen molar-refractivity contribution in [3.8, 4) is 0 Å². The van der Waals surface area contributed by atoms with Gasteiger partial charge in [-0.25, -0.2) is 4.79 Å². The molecule has 0 saturated carbocycles. The van der Waals surface area contributed by atoms with Crippen molar-refractivity contribution in [3.05, 3.63) is 35.4 Å². The predicted octanol–water partition coefficient (Wildman–Crippen LogP) is 3.00. The summed E-state index contributed by atoms with van der Waals surface area (Å²) >= 11 is 0. The Kier molecular flexibility index (Phi) is 5.62. The summed E-state index contributed by atoms with van der Waals surface area (Å²) in [5.41, 5.74) is 2.34. The van der Waals surface area contributed by atoms with Gasteiger partial charge in [0.15, 0.2) is 0 Å². The van der Waals surface area contributed by atoms with Crippen LogP contribution in [0.5, 0.6) is 0 Å².